The van der Waals surface area contributed by atoms with E-state index in [9.17, 15) is 18.0 Å². The number of rotatable bonds is 4. The fourth-order valence-corrected chi connectivity index (χ4v) is 2.54. The maximum Gasteiger partial charge on any atom is 0.416 e. The zero-order valence-electron chi connectivity index (χ0n) is 12.2. The predicted octanol–water partition coefficient (Wildman–Crippen LogP) is 2.29. The lowest BCUT2D eigenvalue weighted by Crippen LogP contribution is -2.40. The highest BCUT2D eigenvalue weighted by Crippen LogP contribution is 2.35. The Kier molecular flexibility index (Phi) is 5.42. The molecule has 7 heteroatoms. The molecule has 0 amide bonds. The van der Waals surface area contributed by atoms with Crippen molar-refractivity contribution >= 4 is 5.97 Å². The van der Waals surface area contributed by atoms with Gasteiger partial charge in [-0.15, -0.1) is 0 Å². The van der Waals surface area contributed by atoms with Gasteiger partial charge in [-0.1, -0.05) is 18.2 Å². The number of morpholine rings is 1. The molecular weight excluding hydrogens is 299 g/mol. The van der Waals surface area contributed by atoms with Crippen LogP contribution in [0.2, 0.25) is 0 Å². The summed E-state index contributed by atoms with van der Waals surface area (Å²) in [7, 11) is 1.19. The van der Waals surface area contributed by atoms with E-state index in [4.69, 9.17) is 9.47 Å². The minimum atomic E-state index is -4.51. The van der Waals surface area contributed by atoms with Gasteiger partial charge in [0.15, 0.2) is 0 Å². The van der Waals surface area contributed by atoms with Crippen LogP contribution in [0, 0.1) is 0 Å². The minimum absolute atomic E-state index is 0.0478. The van der Waals surface area contributed by atoms with E-state index in [0.29, 0.717) is 26.3 Å². The first-order valence-corrected chi connectivity index (χ1v) is 6.97. The van der Waals surface area contributed by atoms with Gasteiger partial charge in [0.25, 0.3) is 0 Å². The number of carbonyl (C=O) groups is 1. The molecule has 1 heterocycles. The summed E-state index contributed by atoms with van der Waals surface area (Å²) in [5.74, 6) is -1.64. The monoisotopic (exact) mass is 317 g/mol. The van der Waals surface area contributed by atoms with Crippen molar-refractivity contribution in [1.82, 2.24) is 4.90 Å². The summed E-state index contributed by atoms with van der Waals surface area (Å²) in [5.41, 5.74) is -0.841. The van der Waals surface area contributed by atoms with E-state index in [1.807, 2.05) is 4.90 Å². The summed E-state index contributed by atoms with van der Waals surface area (Å²) in [6.07, 6.45) is -4.51. The lowest BCUT2D eigenvalue weighted by molar-refractivity contribution is -0.144. The maximum atomic E-state index is 13.2. The quantitative estimate of drug-likeness (QED) is 0.799. The van der Waals surface area contributed by atoms with Gasteiger partial charge in [0.1, 0.15) is 0 Å². The smallest absolute Gasteiger partial charge is 0.416 e. The molecule has 1 aliphatic rings. The van der Waals surface area contributed by atoms with E-state index in [1.54, 1.807) is 0 Å². The first-order chi connectivity index (χ1) is 10.4. The molecule has 22 heavy (non-hydrogen) atoms. The summed E-state index contributed by atoms with van der Waals surface area (Å²) in [4.78, 5) is 13.9. The van der Waals surface area contributed by atoms with Crippen LogP contribution in [0.1, 0.15) is 17.0 Å². The number of esters is 1. The lowest BCUT2D eigenvalue weighted by Gasteiger charge is -2.30. The Labute approximate surface area is 126 Å². The number of halogens is 3. The van der Waals surface area contributed by atoms with Crippen LogP contribution in [-0.2, 0) is 20.4 Å². The Morgan fingerprint density at radius 2 is 1.95 bits per heavy atom. The topological polar surface area (TPSA) is 38.8 Å². The van der Waals surface area contributed by atoms with Gasteiger partial charge in [0, 0.05) is 19.6 Å². The average molecular weight is 317 g/mol. The van der Waals surface area contributed by atoms with Crippen LogP contribution in [0.5, 0.6) is 0 Å². The van der Waals surface area contributed by atoms with Crippen LogP contribution < -0.4 is 0 Å². The van der Waals surface area contributed by atoms with Crippen molar-refractivity contribution in [3.63, 3.8) is 0 Å². The van der Waals surface area contributed by atoms with E-state index in [2.05, 4.69) is 0 Å². The molecule has 1 aromatic rings. The zero-order chi connectivity index (χ0) is 16.2. The number of benzene rings is 1. The number of hydrogen-bond donors (Lipinski definition) is 0. The molecule has 0 aliphatic carbocycles. The average Bonchev–Trinajstić information content (AvgIpc) is 2.52. The molecule has 1 aliphatic heterocycles. The molecule has 0 aromatic heterocycles. The number of ether oxygens (including phenoxy) is 2. The fraction of sp³-hybridized carbons (Fsp3) is 0.533. The molecule has 1 saturated heterocycles. The molecule has 122 valence electrons. The maximum absolute atomic E-state index is 13.2. The van der Waals surface area contributed by atoms with Crippen LogP contribution in [0.4, 0.5) is 13.2 Å². The predicted molar refractivity (Wildman–Crippen MR) is 73.5 cm³/mol. The molecule has 1 atom stereocenters. The Hall–Kier alpha value is -1.60. The zero-order valence-corrected chi connectivity index (χ0v) is 12.2. The van der Waals surface area contributed by atoms with Gasteiger partial charge in [0.05, 0.1) is 31.8 Å². The van der Waals surface area contributed by atoms with E-state index in [-0.39, 0.29) is 12.1 Å². The highest BCUT2D eigenvalue weighted by molar-refractivity contribution is 5.79. The van der Waals surface area contributed by atoms with Crippen molar-refractivity contribution < 1.29 is 27.4 Å². The molecule has 0 spiro atoms. The second-order valence-electron chi connectivity index (χ2n) is 5.07. The number of methoxy groups -OCH3 is 1. The van der Waals surface area contributed by atoms with E-state index >= 15 is 0 Å². The molecule has 2 rings (SSSR count). The minimum Gasteiger partial charge on any atom is -0.469 e. The summed E-state index contributed by atoms with van der Waals surface area (Å²) < 4.78 is 49.4. The van der Waals surface area contributed by atoms with Crippen LogP contribution in [0.3, 0.4) is 0 Å². The van der Waals surface area contributed by atoms with Crippen LogP contribution >= 0.6 is 0 Å². The SMILES string of the molecule is COC(=O)C(CN1CCOCC1)c1ccccc1C(F)(F)F. The molecule has 0 N–H and O–H groups in total. The van der Waals surface area contributed by atoms with Gasteiger partial charge in [-0.25, -0.2) is 0 Å². The van der Waals surface area contributed by atoms with Crippen LogP contribution in [-0.4, -0.2) is 50.8 Å². The molecule has 0 saturated carbocycles. The van der Waals surface area contributed by atoms with Gasteiger partial charge < -0.3 is 9.47 Å². The van der Waals surface area contributed by atoms with Crippen molar-refractivity contribution in [2.75, 3.05) is 40.0 Å². The number of nitrogens with zero attached hydrogens (tertiary/aromatic N) is 1. The highest BCUT2D eigenvalue weighted by atomic mass is 19.4. The molecule has 4 nitrogen and oxygen atoms in total. The van der Waals surface area contributed by atoms with E-state index in [0.717, 1.165) is 6.07 Å². The lowest BCUT2D eigenvalue weighted by atomic mass is 9.93. The second kappa shape index (κ2) is 7.11. The summed E-state index contributed by atoms with van der Waals surface area (Å²) in [5, 5.41) is 0. The molecule has 1 aromatic carbocycles. The van der Waals surface area contributed by atoms with Gasteiger partial charge in [-0.3, -0.25) is 9.69 Å². The van der Waals surface area contributed by atoms with Crippen molar-refractivity contribution in [3.8, 4) is 0 Å². The largest absolute Gasteiger partial charge is 0.469 e. The normalized spacial score (nSPS) is 18.0. The third-order valence-corrected chi connectivity index (χ3v) is 3.67. The number of carbonyl (C=O) groups excluding carboxylic acids is 1. The third kappa shape index (κ3) is 3.98. The standard InChI is InChI=1S/C15H18F3NO3/c1-21-14(20)12(10-19-6-8-22-9-7-19)11-4-2-3-5-13(11)15(16,17)18/h2-5,12H,6-10H2,1H3. The Balaban J connectivity index is 2.31. The van der Waals surface area contributed by atoms with Crippen molar-refractivity contribution in [1.29, 1.82) is 0 Å². The Bertz CT molecular complexity index is 513. The van der Waals surface area contributed by atoms with E-state index < -0.39 is 23.6 Å². The van der Waals surface area contributed by atoms with Gasteiger partial charge >= 0.3 is 12.1 Å². The number of alkyl halides is 3. The Morgan fingerprint density at radius 1 is 1.32 bits per heavy atom. The first-order valence-electron chi connectivity index (χ1n) is 6.97. The van der Waals surface area contributed by atoms with Crippen LogP contribution in [0.25, 0.3) is 0 Å². The molecule has 0 bridgehead atoms. The van der Waals surface area contributed by atoms with Crippen molar-refractivity contribution in [2.24, 2.45) is 0 Å². The summed E-state index contributed by atoms with van der Waals surface area (Å²) in [6, 6.07) is 5.14. The van der Waals surface area contributed by atoms with Crippen molar-refractivity contribution in [2.45, 2.75) is 12.1 Å². The highest BCUT2D eigenvalue weighted by Gasteiger charge is 2.37. The number of hydrogen-bond acceptors (Lipinski definition) is 4. The third-order valence-electron chi connectivity index (χ3n) is 3.67. The first kappa shape index (κ1) is 16.8. The van der Waals surface area contributed by atoms with Gasteiger partial charge in [-0.2, -0.15) is 13.2 Å². The molecule has 1 unspecified atom stereocenters. The van der Waals surface area contributed by atoms with E-state index in [1.165, 1.54) is 25.3 Å². The van der Waals surface area contributed by atoms with Crippen molar-refractivity contribution in [3.05, 3.63) is 35.4 Å². The summed E-state index contributed by atoms with van der Waals surface area (Å²) in [6.45, 7) is 2.37. The van der Waals surface area contributed by atoms with Gasteiger partial charge in [-0.05, 0) is 11.6 Å². The molecule has 0 radical (unpaired) electrons. The van der Waals surface area contributed by atoms with Gasteiger partial charge in [0.2, 0.25) is 0 Å². The fourth-order valence-electron chi connectivity index (χ4n) is 2.54. The van der Waals surface area contributed by atoms with Crippen LogP contribution in [0.15, 0.2) is 24.3 Å². The second-order valence-corrected chi connectivity index (χ2v) is 5.07. The molecule has 1 fully saturated rings. The Morgan fingerprint density at radius 3 is 2.55 bits per heavy atom. The molecular formula is C15H18F3NO3. The summed E-state index contributed by atoms with van der Waals surface area (Å²) >= 11 is 0.